The van der Waals surface area contributed by atoms with Crippen molar-refractivity contribution in [3.63, 3.8) is 0 Å². The molecule has 1 aromatic heterocycles. The summed E-state index contributed by atoms with van der Waals surface area (Å²) in [5.74, 6) is -0.807. The van der Waals surface area contributed by atoms with Gasteiger partial charge in [0.05, 0.1) is 30.1 Å². The molecule has 1 saturated carbocycles. The number of carbonyl (C=O) groups excluding carboxylic acids is 2. The molecule has 0 bridgehead atoms. The van der Waals surface area contributed by atoms with Crippen molar-refractivity contribution in [3.8, 4) is 5.69 Å². The molecule has 2 aromatic rings. The van der Waals surface area contributed by atoms with E-state index in [4.69, 9.17) is 4.74 Å². The molecular weight excluding hydrogens is 313 g/mol. The van der Waals surface area contributed by atoms with Gasteiger partial charge in [0.15, 0.2) is 5.69 Å². The van der Waals surface area contributed by atoms with Gasteiger partial charge in [0, 0.05) is 7.05 Å². The highest BCUT2D eigenvalue weighted by Crippen LogP contribution is 2.30. The Morgan fingerprint density at radius 1 is 1.42 bits per heavy atom. The number of nitrogens with zero attached hydrogens (tertiary/aromatic N) is 3. The lowest BCUT2D eigenvalue weighted by Crippen LogP contribution is -2.26. The van der Waals surface area contributed by atoms with E-state index < -0.39 is 11.8 Å². The van der Waals surface area contributed by atoms with Crippen LogP contribution in [0.15, 0.2) is 24.5 Å². The Balaban J connectivity index is 1.75. The Bertz CT molecular complexity index is 842. The van der Waals surface area contributed by atoms with E-state index in [1.54, 1.807) is 11.6 Å². The number of aromatic nitrogens is 2. The summed E-state index contributed by atoms with van der Waals surface area (Å²) in [6.07, 6.45) is 3.65. The van der Waals surface area contributed by atoms with Crippen LogP contribution in [0.3, 0.4) is 0 Å². The molecule has 1 amide bonds. The van der Waals surface area contributed by atoms with Crippen molar-refractivity contribution >= 4 is 11.9 Å². The molecule has 1 fully saturated rings. The molecular formula is C17H16FN3O3. The van der Waals surface area contributed by atoms with Gasteiger partial charge in [0.1, 0.15) is 12.1 Å². The standard InChI is InChI=1S/C17H16FN3O3/c1-20-7-14-15(17(23)24-8-10-2-3-10)19-9-21(14)13-5-4-11(18)6-12(13)16(20)22/h4-6,9-10H,2-3,7-8H2,1H3. The molecule has 0 atom stereocenters. The minimum Gasteiger partial charge on any atom is -0.461 e. The van der Waals surface area contributed by atoms with Gasteiger partial charge in [-0.1, -0.05) is 0 Å². The lowest BCUT2D eigenvalue weighted by Gasteiger charge is -2.14. The zero-order valence-electron chi connectivity index (χ0n) is 13.2. The van der Waals surface area contributed by atoms with Crippen molar-refractivity contribution in [2.45, 2.75) is 19.4 Å². The number of imidazole rings is 1. The molecule has 1 aliphatic heterocycles. The fourth-order valence-corrected chi connectivity index (χ4v) is 2.84. The first-order chi connectivity index (χ1) is 11.5. The van der Waals surface area contributed by atoms with Crippen LogP contribution in [0.1, 0.15) is 39.4 Å². The van der Waals surface area contributed by atoms with E-state index in [1.807, 2.05) is 0 Å². The summed E-state index contributed by atoms with van der Waals surface area (Å²) < 4.78 is 20.5. The molecule has 2 heterocycles. The second-order valence-electron chi connectivity index (χ2n) is 6.27. The van der Waals surface area contributed by atoms with Crippen LogP contribution >= 0.6 is 0 Å². The molecule has 0 N–H and O–H groups in total. The van der Waals surface area contributed by atoms with Crippen LogP contribution in [-0.4, -0.2) is 40.0 Å². The first-order valence-corrected chi connectivity index (χ1v) is 7.83. The number of hydrogen-bond donors (Lipinski definition) is 0. The summed E-state index contributed by atoms with van der Waals surface area (Å²) in [4.78, 5) is 30.4. The lowest BCUT2D eigenvalue weighted by molar-refractivity contribution is 0.0476. The fourth-order valence-electron chi connectivity index (χ4n) is 2.84. The normalized spacial score (nSPS) is 16.4. The molecule has 0 saturated heterocycles. The van der Waals surface area contributed by atoms with Crippen molar-refractivity contribution in [1.29, 1.82) is 0 Å². The maximum absolute atomic E-state index is 13.5. The van der Waals surface area contributed by atoms with Crippen LogP contribution in [0, 0.1) is 11.7 Å². The highest BCUT2D eigenvalue weighted by atomic mass is 19.1. The van der Waals surface area contributed by atoms with Crippen molar-refractivity contribution < 1.29 is 18.7 Å². The molecule has 0 unspecified atom stereocenters. The third-order valence-corrected chi connectivity index (χ3v) is 4.39. The molecule has 0 radical (unpaired) electrons. The van der Waals surface area contributed by atoms with Crippen LogP contribution in [-0.2, 0) is 11.3 Å². The first-order valence-electron chi connectivity index (χ1n) is 7.83. The molecule has 24 heavy (non-hydrogen) atoms. The second-order valence-corrected chi connectivity index (χ2v) is 6.27. The molecule has 4 rings (SSSR count). The zero-order valence-corrected chi connectivity index (χ0v) is 13.2. The average molecular weight is 329 g/mol. The highest BCUT2D eigenvalue weighted by molar-refractivity contribution is 5.99. The minimum absolute atomic E-state index is 0.197. The maximum Gasteiger partial charge on any atom is 0.358 e. The number of benzene rings is 1. The summed E-state index contributed by atoms with van der Waals surface area (Å²) in [5.41, 5.74) is 1.52. The van der Waals surface area contributed by atoms with Crippen molar-refractivity contribution in [3.05, 3.63) is 47.3 Å². The van der Waals surface area contributed by atoms with E-state index in [0.717, 1.165) is 12.8 Å². The van der Waals surface area contributed by atoms with Crippen LogP contribution in [0.4, 0.5) is 4.39 Å². The highest BCUT2D eigenvalue weighted by Gasteiger charge is 2.30. The number of ether oxygens (including phenoxy) is 1. The van der Waals surface area contributed by atoms with Gasteiger partial charge in [-0.25, -0.2) is 14.2 Å². The van der Waals surface area contributed by atoms with E-state index in [9.17, 15) is 14.0 Å². The molecule has 2 aliphatic rings. The largest absolute Gasteiger partial charge is 0.461 e. The number of rotatable bonds is 3. The van der Waals surface area contributed by atoms with E-state index in [1.165, 1.54) is 29.4 Å². The summed E-state index contributed by atoms with van der Waals surface area (Å²) >= 11 is 0. The predicted molar refractivity (Wildman–Crippen MR) is 82.3 cm³/mol. The third-order valence-electron chi connectivity index (χ3n) is 4.39. The SMILES string of the molecule is CN1Cc2c(C(=O)OCC3CC3)ncn2-c2ccc(F)cc2C1=O. The van der Waals surface area contributed by atoms with Crippen molar-refractivity contribution in [2.24, 2.45) is 5.92 Å². The number of fused-ring (bicyclic) bond motifs is 3. The molecule has 6 nitrogen and oxygen atoms in total. The summed E-state index contributed by atoms with van der Waals surface area (Å²) in [5, 5.41) is 0. The topological polar surface area (TPSA) is 64.4 Å². The molecule has 124 valence electrons. The minimum atomic E-state index is -0.484. The molecule has 1 aliphatic carbocycles. The monoisotopic (exact) mass is 329 g/mol. The van der Waals surface area contributed by atoms with E-state index in [0.29, 0.717) is 23.9 Å². The third kappa shape index (κ3) is 2.46. The van der Waals surface area contributed by atoms with Crippen LogP contribution in [0.5, 0.6) is 0 Å². The number of carbonyl (C=O) groups is 2. The Labute approximate surface area is 137 Å². The van der Waals surface area contributed by atoms with Crippen LogP contribution in [0.2, 0.25) is 0 Å². The van der Waals surface area contributed by atoms with E-state index in [-0.39, 0.29) is 23.7 Å². The van der Waals surface area contributed by atoms with Gasteiger partial charge in [-0.05, 0) is 37.0 Å². The summed E-state index contributed by atoms with van der Waals surface area (Å²) in [6.45, 7) is 0.602. The quantitative estimate of drug-likeness (QED) is 0.810. The zero-order chi connectivity index (χ0) is 16.8. The number of amides is 1. The van der Waals surface area contributed by atoms with Gasteiger partial charge in [-0.3, -0.25) is 9.36 Å². The molecule has 1 aromatic carbocycles. The summed E-state index contributed by atoms with van der Waals surface area (Å²) in [6, 6.07) is 4.01. The predicted octanol–water partition coefficient (Wildman–Crippen LogP) is 2.16. The van der Waals surface area contributed by atoms with Gasteiger partial charge in [0.2, 0.25) is 0 Å². The fraction of sp³-hybridized carbons (Fsp3) is 0.353. The lowest BCUT2D eigenvalue weighted by atomic mass is 10.1. The average Bonchev–Trinajstić information content (AvgIpc) is 3.32. The van der Waals surface area contributed by atoms with Crippen LogP contribution in [0.25, 0.3) is 5.69 Å². The Hall–Kier alpha value is -2.70. The number of esters is 1. The molecule has 0 spiro atoms. The van der Waals surface area contributed by atoms with Gasteiger partial charge >= 0.3 is 5.97 Å². The first kappa shape index (κ1) is 14.9. The maximum atomic E-state index is 13.5. The number of hydrogen-bond acceptors (Lipinski definition) is 4. The second kappa shape index (κ2) is 5.43. The number of halogens is 1. The Morgan fingerprint density at radius 3 is 2.96 bits per heavy atom. The van der Waals surface area contributed by atoms with Crippen molar-refractivity contribution in [2.75, 3.05) is 13.7 Å². The van der Waals surface area contributed by atoms with E-state index in [2.05, 4.69) is 4.98 Å². The van der Waals surface area contributed by atoms with Crippen LogP contribution < -0.4 is 0 Å². The van der Waals surface area contributed by atoms with Gasteiger partial charge < -0.3 is 9.64 Å². The van der Waals surface area contributed by atoms with Gasteiger partial charge in [-0.15, -0.1) is 0 Å². The Kier molecular flexibility index (Phi) is 3.37. The van der Waals surface area contributed by atoms with Gasteiger partial charge in [0.25, 0.3) is 5.91 Å². The van der Waals surface area contributed by atoms with Crippen molar-refractivity contribution in [1.82, 2.24) is 14.5 Å². The molecule has 7 heteroatoms. The van der Waals surface area contributed by atoms with E-state index >= 15 is 0 Å². The van der Waals surface area contributed by atoms with Gasteiger partial charge in [-0.2, -0.15) is 0 Å². The Morgan fingerprint density at radius 2 is 2.21 bits per heavy atom. The smallest absolute Gasteiger partial charge is 0.358 e. The summed E-state index contributed by atoms with van der Waals surface area (Å²) in [7, 11) is 1.61.